The molecule has 0 saturated heterocycles. The van der Waals surface area contributed by atoms with Crippen LogP contribution in [-0.4, -0.2) is 33.3 Å². The van der Waals surface area contributed by atoms with E-state index in [-0.39, 0.29) is 17.7 Å². The number of rotatable bonds is 3. The summed E-state index contributed by atoms with van der Waals surface area (Å²) in [6, 6.07) is 8.40. The lowest BCUT2D eigenvalue weighted by molar-refractivity contribution is 0.626. The number of aromatic nitrogens is 4. The predicted molar refractivity (Wildman–Crippen MR) is 88.1 cm³/mol. The van der Waals surface area contributed by atoms with Crippen molar-refractivity contribution < 1.29 is 0 Å². The number of aryl methyl sites for hydroxylation is 1. The van der Waals surface area contributed by atoms with E-state index in [1.807, 2.05) is 38.1 Å². The summed E-state index contributed by atoms with van der Waals surface area (Å²) in [5.74, 6) is 0. The van der Waals surface area contributed by atoms with Crippen LogP contribution in [0.2, 0.25) is 0 Å². The smallest absolute Gasteiger partial charge is 0.269 e. The molecule has 0 N–H and O–H groups in total. The van der Waals surface area contributed by atoms with E-state index in [2.05, 4.69) is 10.1 Å². The molecule has 3 aromatic heterocycles. The third kappa shape index (κ3) is 2.85. The average Bonchev–Trinajstić information content (AvgIpc) is 2.49. The SMILES string of the molecule is Cc1cccc2nc(Cn3ncc(N(C)C)cc3=O)cc(=O)n12. The van der Waals surface area contributed by atoms with E-state index in [1.54, 1.807) is 12.3 Å². The van der Waals surface area contributed by atoms with Gasteiger partial charge in [-0.25, -0.2) is 9.67 Å². The van der Waals surface area contributed by atoms with Crippen LogP contribution in [-0.2, 0) is 6.54 Å². The maximum Gasteiger partial charge on any atom is 0.269 e. The molecule has 3 rings (SSSR count). The Labute approximate surface area is 132 Å². The molecule has 7 nitrogen and oxygen atoms in total. The van der Waals surface area contributed by atoms with E-state index in [1.165, 1.54) is 21.2 Å². The van der Waals surface area contributed by atoms with Crippen molar-refractivity contribution in [1.29, 1.82) is 0 Å². The van der Waals surface area contributed by atoms with Gasteiger partial charge >= 0.3 is 0 Å². The molecule has 0 radical (unpaired) electrons. The van der Waals surface area contributed by atoms with Gasteiger partial charge in [0.15, 0.2) is 0 Å². The Kier molecular flexibility index (Phi) is 3.69. The Morgan fingerprint density at radius 3 is 2.61 bits per heavy atom. The zero-order valence-corrected chi connectivity index (χ0v) is 13.2. The van der Waals surface area contributed by atoms with Gasteiger partial charge in [0.25, 0.3) is 11.1 Å². The molecule has 0 unspecified atom stereocenters. The Morgan fingerprint density at radius 2 is 1.91 bits per heavy atom. The van der Waals surface area contributed by atoms with Gasteiger partial charge in [0.1, 0.15) is 5.65 Å². The Balaban J connectivity index is 2.03. The summed E-state index contributed by atoms with van der Waals surface area (Å²) < 4.78 is 2.83. The topological polar surface area (TPSA) is 72.5 Å². The highest BCUT2D eigenvalue weighted by molar-refractivity contribution is 5.41. The minimum atomic E-state index is -0.234. The van der Waals surface area contributed by atoms with Crippen molar-refractivity contribution in [3.05, 3.63) is 68.6 Å². The molecule has 0 atom stereocenters. The molecule has 23 heavy (non-hydrogen) atoms. The largest absolute Gasteiger partial charge is 0.376 e. The van der Waals surface area contributed by atoms with E-state index >= 15 is 0 Å². The number of anilines is 1. The standard InChI is InChI=1S/C16H17N5O2/c1-11-5-4-6-14-18-12(7-16(23)21(11)14)10-20-15(22)8-13(9-17-20)19(2)3/h4-9H,10H2,1-3H3. The van der Waals surface area contributed by atoms with Crippen LogP contribution in [0.5, 0.6) is 0 Å². The molecular weight excluding hydrogens is 294 g/mol. The lowest BCUT2D eigenvalue weighted by atomic mass is 10.3. The number of hydrogen-bond donors (Lipinski definition) is 0. The second-order valence-corrected chi connectivity index (χ2v) is 5.55. The van der Waals surface area contributed by atoms with Crippen LogP contribution in [0.15, 0.2) is 46.1 Å². The van der Waals surface area contributed by atoms with E-state index < -0.39 is 0 Å². The highest BCUT2D eigenvalue weighted by atomic mass is 16.1. The van der Waals surface area contributed by atoms with Crippen LogP contribution in [0.4, 0.5) is 5.69 Å². The molecule has 0 bridgehead atoms. The predicted octanol–water partition coefficient (Wildman–Crippen LogP) is 0.674. The van der Waals surface area contributed by atoms with Crippen molar-refractivity contribution in [3.8, 4) is 0 Å². The third-order valence-corrected chi connectivity index (χ3v) is 3.62. The molecule has 0 aliphatic carbocycles. The van der Waals surface area contributed by atoms with Crippen molar-refractivity contribution >= 4 is 11.3 Å². The molecule has 0 amide bonds. The molecule has 7 heteroatoms. The number of nitrogens with zero attached hydrogens (tertiary/aromatic N) is 5. The maximum atomic E-state index is 12.2. The second-order valence-electron chi connectivity index (χ2n) is 5.55. The summed E-state index contributed by atoms with van der Waals surface area (Å²) in [5.41, 5.74) is 2.22. The lowest BCUT2D eigenvalue weighted by Gasteiger charge is -2.12. The molecule has 0 fully saturated rings. The first-order chi connectivity index (χ1) is 11.0. The summed E-state index contributed by atoms with van der Waals surface area (Å²) in [5, 5.41) is 4.14. The molecule has 0 aliphatic rings. The highest BCUT2D eigenvalue weighted by Crippen LogP contribution is 2.06. The van der Waals surface area contributed by atoms with Gasteiger partial charge in [0.05, 0.1) is 24.1 Å². The van der Waals surface area contributed by atoms with Crippen molar-refractivity contribution in [1.82, 2.24) is 19.2 Å². The maximum absolute atomic E-state index is 12.2. The van der Waals surface area contributed by atoms with Crippen molar-refractivity contribution in [2.75, 3.05) is 19.0 Å². The number of pyridine rings is 1. The van der Waals surface area contributed by atoms with E-state index in [0.29, 0.717) is 11.3 Å². The first kappa shape index (κ1) is 15.0. The fraction of sp³-hybridized carbons (Fsp3) is 0.250. The van der Waals surface area contributed by atoms with Gasteiger partial charge in [-0.1, -0.05) is 6.07 Å². The molecule has 0 spiro atoms. The molecule has 0 saturated carbocycles. The van der Waals surface area contributed by atoms with Crippen LogP contribution in [0.3, 0.4) is 0 Å². The van der Waals surface area contributed by atoms with Crippen LogP contribution in [0.25, 0.3) is 5.65 Å². The molecule has 3 aromatic rings. The summed E-state index contributed by atoms with van der Waals surface area (Å²) in [4.78, 5) is 30.6. The van der Waals surface area contributed by atoms with Gasteiger partial charge in [-0.15, -0.1) is 0 Å². The average molecular weight is 311 g/mol. The van der Waals surface area contributed by atoms with Gasteiger partial charge in [-0.3, -0.25) is 14.0 Å². The Hall–Kier alpha value is -2.96. The fourth-order valence-corrected chi connectivity index (χ4v) is 2.39. The van der Waals surface area contributed by atoms with Crippen LogP contribution >= 0.6 is 0 Å². The normalized spacial score (nSPS) is 10.9. The van der Waals surface area contributed by atoms with Crippen LogP contribution in [0, 0.1) is 6.92 Å². The summed E-state index contributed by atoms with van der Waals surface area (Å²) in [7, 11) is 3.68. The number of fused-ring (bicyclic) bond motifs is 1. The quantitative estimate of drug-likeness (QED) is 0.711. The first-order valence-corrected chi connectivity index (χ1v) is 7.18. The minimum absolute atomic E-state index is 0.159. The molecule has 3 heterocycles. The minimum Gasteiger partial charge on any atom is -0.376 e. The monoisotopic (exact) mass is 311 g/mol. The van der Waals surface area contributed by atoms with E-state index in [9.17, 15) is 9.59 Å². The molecular formula is C16H17N5O2. The first-order valence-electron chi connectivity index (χ1n) is 7.18. The zero-order valence-electron chi connectivity index (χ0n) is 13.2. The van der Waals surface area contributed by atoms with Gasteiger partial charge in [0, 0.05) is 31.9 Å². The van der Waals surface area contributed by atoms with Crippen molar-refractivity contribution in [2.45, 2.75) is 13.5 Å². The zero-order chi connectivity index (χ0) is 16.6. The van der Waals surface area contributed by atoms with Crippen molar-refractivity contribution in [2.24, 2.45) is 0 Å². The summed E-state index contributed by atoms with van der Waals surface area (Å²) in [6.07, 6.45) is 1.61. The molecule has 118 valence electrons. The Bertz CT molecular complexity index is 988. The van der Waals surface area contributed by atoms with Crippen LogP contribution < -0.4 is 16.0 Å². The second kappa shape index (κ2) is 5.68. The van der Waals surface area contributed by atoms with E-state index in [0.717, 1.165) is 11.4 Å². The fourth-order valence-electron chi connectivity index (χ4n) is 2.39. The van der Waals surface area contributed by atoms with Gasteiger partial charge in [0.2, 0.25) is 0 Å². The molecule has 0 aromatic carbocycles. The van der Waals surface area contributed by atoms with E-state index in [4.69, 9.17) is 0 Å². The van der Waals surface area contributed by atoms with Gasteiger partial charge in [-0.05, 0) is 19.1 Å². The summed E-state index contributed by atoms with van der Waals surface area (Å²) >= 11 is 0. The van der Waals surface area contributed by atoms with Gasteiger partial charge in [-0.2, -0.15) is 5.10 Å². The Morgan fingerprint density at radius 1 is 1.13 bits per heavy atom. The highest BCUT2D eigenvalue weighted by Gasteiger charge is 2.07. The lowest BCUT2D eigenvalue weighted by Crippen LogP contribution is -2.26. The third-order valence-electron chi connectivity index (χ3n) is 3.62. The summed E-state index contributed by atoms with van der Waals surface area (Å²) in [6.45, 7) is 2.01. The van der Waals surface area contributed by atoms with Crippen molar-refractivity contribution in [3.63, 3.8) is 0 Å². The van der Waals surface area contributed by atoms with Gasteiger partial charge < -0.3 is 4.90 Å². The van der Waals surface area contributed by atoms with Crippen LogP contribution in [0.1, 0.15) is 11.4 Å². The molecule has 0 aliphatic heterocycles. The number of hydrogen-bond acceptors (Lipinski definition) is 5.